The predicted molar refractivity (Wildman–Crippen MR) is 92.8 cm³/mol. The van der Waals surface area contributed by atoms with Crippen molar-refractivity contribution in [3.8, 4) is 0 Å². The molecule has 3 heterocycles. The number of amides is 2. The van der Waals surface area contributed by atoms with E-state index in [9.17, 15) is 4.79 Å². The summed E-state index contributed by atoms with van der Waals surface area (Å²) in [7, 11) is 0. The SMILES string of the molecule is C[C@H](NC(=O)N1CCCN(Cc2cccs2)CC1)[C@@H]1CCCO1. The molecule has 0 radical (unpaired) electrons. The van der Waals surface area contributed by atoms with Crippen LogP contribution in [-0.2, 0) is 11.3 Å². The lowest BCUT2D eigenvalue weighted by Gasteiger charge is -2.26. The average Bonchev–Trinajstić information content (AvgIpc) is 3.19. The summed E-state index contributed by atoms with van der Waals surface area (Å²) in [6.07, 6.45) is 3.37. The minimum absolute atomic E-state index is 0.0611. The van der Waals surface area contributed by atoms with E-state index in [1.807, 2.05) is 4.90 Å². The molecule has 2 saturated heterocycles. The minimum atomic E-state index is 0.0611. The highest BCUT2D eigenvalue weighted by atomic mass is 32.1. The molecule has 1 N–H and O–H groups in total. The number of carbonyl (C=O) groups is 1. The monoisotopic (exact) mass is 337 g/mol. The van der Waals surface area contributed by atoms with E-state index < -0.39 is 0 Å². The van der Waals surface area contributed by atoms with Crippen molar-refractivity contribution in [3.63, 3.8) is 0 Å². The van der Waals surface area contributed by atoms with Gasteiger partial charge in [-0.3, -0.25) is 4.90 Å². The van der Waals surface area contributed by atoms with Gasteiger partial charge in [-0.15, -0.1) is 11.3 Å². The molecular formula is C17H27N3O2S. The standard InChI is InChI=1S/C17H27N3O2S/c1-14(16-6-2-11-22-16)18-17(21)20-8-4-7-19(9-10-20)13-15-5-3-12-23-15/h3,5,12,14,16H,2,4,6-11,13H2,1H3,(H,18,21)/t14-,16-/m0/s1. The van der Waals surface area contributed by atoms with Crippen LogP contribution in [0.15, 0.2) is 17.5 Å². The van der Waals surface area contributed by atoms with Gasteiger partial charge in [0.1, 0.15) is 0 Å². The van der Waals surface area contributed by atoms with Crippen molar-refractivity contribution >= 4 is 17.4 Å². The number of nitrogens with zero attached hydrogens (tertiary/aromatic N) is 2. The highest BCUT2D eigenvalue weighted by molar-refractivity contribution is 7.09. The largest absolute Gasteiger partial charge is 0.376 e. The second kappa shape index (κ2) is 8.13. The number of hydrogen-bond acceptors (Lipinski definition) is 4. The molecular weight excluding hydrogens is 310 g/mol. The molecule has 5 nitrogen and oxygen atoms in total. The Morgan fingerprint density at radius 1 is 1.39 bits per heavy atom. The molecule has 2 amide bonds. The second-order valence-corrected chi connectivity index (χ2v) is 7.52. The molecule has 0 aromatic carbocycles. The average molecular weight is 337 g/mol. The van der Waals surface area contributed by atoms with Crippen molar-refractivity contribution in [2.45, 2.75) is 44.9 Å². The van der Waals surface area contributed by atoms with E-state index in [-0.39, 0.29) is 18.2 Å². The van der Waals surface area contributed by atoms with Gasteiger partial charge >= 0.3 is 6.03 Å². The Balaban J connectivity index is 1.46. The molecule has 2 fully saturated rings. The van der Waals surface area contributed by atoms with Crippen LogP contribution in [0.5, 0.6) is 0 Å². The second-order valence-electron chi connectivity index (χ2n) is 6.49. The van der Waals surface area contributed by atoms with Gasteiger partial charge in [-0.2, -0.15) is 0 Å². The van der Waals surface area contributed by atoms with E-state index in [0.29, 0.717) is 0 Å². The van der Waals surface area contributed by atoms with Crippen LogP contribution in [0.4, 0.5) is 4.79 Å². The van der Waals surface area contributed by atoms with Crippen molar-refractivity contribution in [2.24, 2.45) is 0 Å². The molecule has 0 saturated carbocycles. The summed E-state index contributed by atoms with van der Waals surface area (Å²) in [4.78, 5) is 18.3. The topological polar surface area (TPSA) is 44.8 Å². The molecule has 0 aliphatic carbocycles. The Morgan fingerprint density at radius 2 is 2.30 bits per heavy atom. The van der Waals surface area contributed by atoms with Gasteiger partial charge in [0.25, 0.3) is 0 Å². The molecule has 2 atom stereocenters. The third-order valence-corrected chi connectivity index (χ3v) is 5.57. The van der Waals surface area contributed by atoms with Gasteiger partial charge < -0.3 is 15.0 Å². The highest BCUT2D eigenvalue weighted by Gasteiger charge is 2.26. The smallest absolute Gasteiger partial charge is 0.317 e. The maximum Gasteiger partial charge on any atom is 0.317 e. The molecule has 1 aromatic rings. The fourth-order valence-corrected chi connectivity index (χ4v) is 4.08. The van der Waals surface area contributed by atoms with Gasteiger partial charge in [0.05, 0.1) is 12.1 Å². The number of hydrogen-bond donors (Lipinski definition) is 1. The van der Waals surface area contributed by atoms with Crippen LogP contribution in [0.1, 0.15) is 31.1 Å². The molecule has 1 aromatic heterocycles. The fourth-order valence-electron chi connectivity index (χ4n) is 3.33. The van der Waals surface area contributed by atoms with Crippen molar-refractivity contribution in [1.29, 1.82) is 0 Å². The number of urea groups is 1. The first-order valence-electron chi connectivity index (χ1n) is 8.64. The molecule has 3 rings (SSSR count). The van der Waals surface area contributed by atoms with E-state index in [1.54, 1.807) is 11.3 Å². The summed E-state index contributed by atoms with van der Waals surface area (Å²) in [5, 5.41) is 5.25. The van der Waals surface area contributed by atoms with E-state index in [0.717, 1.165) is 58.6 Å². The first-order valence-corrected chi connectivity index (χ1v) is 9.52. The fraction of sp³-hybridized carbons (Fsp3) is 0.706. The van der Waals surface area contributed by atoms with Crippen LogP contribution in [0.2, 0.25) is 0 Å². The molecule has 128 valence electrons. The van der Waals surface area contributed by atoms with Crippen molar-refractivity contribution < 1.29 is 9.53 Å². The van der Waals surface area contributed by atoms with E-state index in [2.05, 4.69) is 34.7 Å². The zero-order valence-corrected chi connectivity index (χ0v) is 14.7. The van der Waals surface area contributed by atoms with Gasteiger partial charge in [0.2, 0.25) is 0 Å². The maximum absolute atomic E-state index is 12.5. The Labute approximate surface area is 142 Å². The molecule has 0 unspecified atom stereocenters. The van der Waals surface area contributed by atoms with Crippen molar-refractivity contribution in [1.82, 2.24) is 15.1 Å². The van der Waals surface area contributed by atoms with E-state index in [1.165, 1.54) is 4.88 Å². The van der Waals surface area contributed by atoms with E-state index >= 15 is 0 Å². The summed E-state index contributed by atoms with van der Waals surface area (Å²) < 4.78 is 5.66. The van der Waals surface area contributed by atoms with Crippen LogP contribution >= 0.6 is 11.3 Å². The van der Waals surface area contributed by atoms with Crippen molar-refractivity contribution in [2.75, 3.05) is 32.8 Å². The Morgan fingerprint density at radius 3 is 3.04 bits per heavy atom. The summed E-state index contributed by atoms with van der Waals surface area (Å²) >= 11 is 1.80. The summed E-state index contributed by atoms with van der Waals surface area (Å²) in [6.45, 7) is 7.52. The highest BCUT2D eigenvalue weighted by Crippen LogP contribution is 2.16. The molecule has 0 spiro atoms. The first kappa shape index (κ1) is 16.7. The molecule has 2 aliphatic heterocycles. The number of carbonyl (C=O) groups excluding carboxylic acids is 1. The molecule has 23 heavy (non-hydrogen) atoms. The number of thiophene rings is 1. The van der Waals surface area contributed by atoms with Crippen LogP contribution < -0.4 is 5.32 Å². The Hall–Kier alpha value is -1.11. The van der Waals surface area contributed by atoms with Gasteiger partial charge in [-0.05, 0) is 37.6 Å². The van der Waals surface area contributed by atoms with Crippen LogP contribution in [0, 0.1) is 0 Å². The lowest BCUT2D eigenvalue weighted by atomic mass is 10.1. The van der Waals surface area contributed by atoms with Crippen LogP contribution in [-0.4, -0.2) is 60.8 Å². The zero-order valence-electron chi connectivity index (χ0n) is 13.9. The lowest BCUT2D eigenvalue weighted by Crippen LogP contribution is -2.48. The van der Waals surface area contributed by atoms with E-state index in [4.69, 9.17) is 4.74 Å². The molecule has 0 bridgehead atoms. The minimum Gasteiger partial charge on any atom is -0.376 e. The van der Waals surface area contributed by atoms with Gasteiger partial charge in [-0.25, -0.2) is 4.79 Å². The third kappa shape index (κ3) is 4.68. The maximum atomic E-state index is 12.5. The normalized spacial score (nSPS) is 24.4. The molecule has 2 aliphatic rings. The summed E-state index contributed by atoms with van der Waals surface area (Å²) in [6, 6.07) is 4.44. The van der Waals surface area contributed by atoms with Gasteiger partial charge in [0.15, 0.2) is 0 Å². The number of ether oxygens (including phenoxy) is 1. The summed E-state index contributed by atoms with van der Waals surface area (Å²) in [5.74, 6) is 0. The van der Waals surface area contributed by atoms with Crippen LogP contribution in [0.25, 0.3) is 0 Å². The quantitative estimate of drug-likeness (QED) is 0.918. The Kier molecular flexibility index (Phi) is 5.91. The number of nitrogens with one attached hydrogen (secondary N) is 1. The summed E-state index contributed by atoms with van der Waals surface area (Å²) in [5.41, 5.74) is 0. The zero-order chi connectivity index (χ0) is 16.1. The van der Waals surface area contributed by atoms with Crippen LogP contribution in [0.3, 0.4) is 0 Å². The third-order valence-electron chi connectivity index (χ3n) is 4.71. The van der Waals surface area contributed by atoms with Gasteiger partial charge in [0, 0.05) is 44.2 Å². The Bertz CT molecular complexity index is 488. The molecule has 6 heteroatoms. The first-order chi connectivity index (χ1) is 11.2. The lowest BCUT2D eigenvalue weighted by molar-refractivity contribution is 0.0834. The predicted octanol–water partition coefficient (Wildman–Crippen LogP) is 2.53. The number of rotatable bonds is 4. The van der Waals surface area contributed by atoms with Gasteiger partial charge in [-0.1, -0.05) is 6.07 Å². The van der Waals surface area contributed by atoms with Crippen molar-refractivity contribution in [3.05, 3.63) is 22.4 Å².